The van der Waals surface area contributed by atoms with E-state index in [1.165, 1.54) is 0 Å². The lowest BCUT2D eigenvalue weighted by molar-refractivity contribution is -0.131. The summed E-state index contributed by atoms with van der Waals surface area (Å²) >= 11 is 0. The van der Waals surface area contributed by atoms with Gasteiger partial charge in [0.1, 0.15) is 0 Å². The van der Waals surface area contributed by atoms with E-state index in [0.29, 0.717) is 106 Å². The molecule has 0 fully saturated rings. The van der Waals surface area contributed by atoms with Crippen molar-refractivity contribution in [1.82, 2.24) is 0 Å². The zero-order valence-corrected chi connectivity index (χ0v) is 22.8. The van der Waals surface area contributed by atoms with Gasteiger partial charge in [-0.2, -0.15) is 0 Å². The molecule has 1 aromatic rings. The number of hydrogen-bond acceptors (Lipinski definition) is 11. The van der Waals surface area contributed by atoms with Crippen LogP contribution in [-0.2, 0) is 42.7 Å². The molecule has 0 unspecified atom stereocenters. The second kappa shape index (κ2) is 32.2. The van der Waals surface area contributed by atoms with Gasteiger partial charge in [-0.3, -0.25) is 0 Å². The van der Waals surface area contributed by atoms with Crippen molar-refractivity contribution in [3.63, 3.8) is 0 Å². The van der Waals surface area contributed by atoms with E-state index in [1.807, 2.05) is 30.3 Å². The number of carbonyl (C=O) groups is 1. The van der Waals surface area contributed by atoms with Gasteiger partial charge in [-0.15, -0.1) is 0 Å². The molecule has 39 heavy (non-hydrogen) atoms. The number of hydrogen-bond donors (Lipinski definition) is 3. The first-order valence-electron chi connectivity index (χ1n) is 13.0. The molecule has 0 aromatic heterocycles. The topological polar surface area (TPSA) is 152 Å². The third-order valence-corrected chi connectivity index (χ3v) is 4.29. The van der Waals surface area contributed by atoms with Crippen LogP contribution in [0.25, 0.3) is 6.08 Å². The Bertz CT molecular complexity index is 619. The lowest BCUT2D eigenvalue weighted by Gasteiger charge is -2.08. The fourth-order valence-corrected chi connectivity index (χ4v) is 2.50. The maximum Gasteiger partial charge on any atom is 0.328 e. The van der Waals surface area contributed by atoms with Gasteiger partial charge >= 0.3 is 5.97 Å². The first-order chi connectivity index (χ1) is 19.2. The molecule has 226 valence electrons. The molecule has 0 aliphatic carbocycles. The minimum absolute atomic E-state index is 0.0294. The molecular formula is C27H46O12. The maximum absolute atomic E-state index is 10.1. The molecular weight excluding hydrogens is 516 g/mol. The van der Waals surface area contributed by atoms with Crippen LogP contribution in [0, 0.1) is 0 Å². The number of carboxylic acid groups (broad SMARTS) is 1. The van der Waals surface area contributed by atoms with Crippen molar-refractivity contribution in [2.45, 2.75) is 0 Å². The molecule has 0 radical (unpaired) electrons. The third kappa shape index (κ3) is 32.1. The molecule has 12 nitrogen and oxygen atoms in total. The Kier molecular flexibility index (Phi) is 30.6. The van der Waals surface area contributed by atoms with Crippen LogP contribution in [0.2, 0.25) is 0 Å². The molecule has 0 bridgehead atoms. The average Bonchev–Trinajstić information content (AvgIpc) is 2.95. The number of aliphatic carboxylic acids is 1. The Morgan fingerprint density at radius 2 is 0.795 bits per heavy atom. The van der Waals surface area contributed by atoms with E-state index in [0.717, 1.165) is 11.6 Å². The normalized spacial score (nSPS) is 11.0. The van der Waals surface area contributed by atoms with Crippen LogP contribution in [-0.4, -0.2) is 140 Å². The van der Waals surface area contributed by atoms with Crippen molar-refractivity contribution < 1.29 is 58.0 Å². The zero-order chi connectivity index (χ0) is 28.5. The van der Waals surface area contributed by atoms with Crippen LogP contribution >= 0.6 is 0 Å². The van der Waals surface area contributed by atoms with Gasteiger partial charge in [0.25, 0.3) is 0 Å². The summed E-state index contributed by atoms with van der Waals surface area (Å²) in [6.45, 7) is 7.79. The Hall–Kier alpha value is -1.97. The first kappa shape index (κ1) is 37.0. The molecule has 1 aromatic carbocycles. The lowest BCUT2D eigenvalue weighted by Crippen LogP contribution is -2.15. The van der Waals surface area contributed by atoms with Gasteiger partial charge in [0, 0.05) is 6.08 Å². The molecule has 3 N–H and O–H groups in total. The van der Waals surface area contributed by atoms with Gasteiger partial charge in [-0.1, -0.05) is 30.3 Å². The Morgan fingerprint density at radius 1 is 0.513 bits per heavy atom. The SMILES string of the molecule is O=C(O)C=Cc1ccccc1.OCCOCCOCCOCCOCCOCCOCCOCCOCCO. The molecule has 0 aliphatic rings. The van der Waals surface area contributed by atoms with Crippen molar-refractivity contribution in [2.75, 3.05) is 119 Å². The standard InChI is InChI=1S/C18H38O10.C9H8O2/c19-1-3-21-5-7-23-9-11-25-13-15-27-17-18-28-16-14-26-12-10-24-8-6-22-4-2-20;10-9(11)7-6-8-4-2-1-3-5-8/h19-20H,1-18H2;1-7H,(H,10,11). The van der Waals surface area contributed by atoms with Crippen LogP contribution in [0.3, 0.4) is 0 Å². The Labute approximate surface area is 231 Å². The highest BCUT2D eigenvalue weighted by Crippen LogP contribution is 2.00. The van der Waals surface area contributed by atoms with Gasteiger partial charge in [0.15, 0.2) is 0 Å². The van der Waals surface area contributed by atoms with Gasteiger partial charge in [-0.25, -0.2) is 4.79 Å². The van der Waals surface area contributed by atoms with Crippen LogP contribution < -0.4 is 0 Å². The molecule has 0 amide bonds. The van der Waals surface area contributed by atoms with E-state index in [2.05, 4.69) is 0 Å². The Balaban J connectivity index is 0.00000108. The van der Waals surface area contributed by atoms with Crippen molar-refractivity contribution in [2.24, 2.45) is 0 Å². The van der Waals surface area contributed by atoms with Crippen LogP contribution in [0.15, 0.2) is 36.4 Å². The first-order valence-corrected chi connectivity index (χ1v) is 13.0. The molecule has 0 saturated heterocycles. The quantitative estimate of drug-likeness (QED) is 0.103. The van der Waals surface area contributed by atoms with E-state index in [4.69, 9.17) is 53.2 Å². The number of carboxylic acids is 1. The van der Waals surface area contributed by atoms with Gasteiger partial charge < -0.3 is 53.2 Å². The summed E-state index contributed by atoms with van der Waals surface area (Å²) in [5, 5.41) is 25.3. The molecule has 0 aliphatic heterocycles. The summed E-state index contributed by atoms with van der Waals surface area (Å²) in [5.74, 6) is -0.922. The van der Waals surface area contributed by atoms with Crippen molar-refractivity contribution in [3.8, 4) is 0 Å². The van der Waals surface area contributed by atoms with Gasteiger partial charge in [-0.05, 0) is 11.6 Å². The molecule has 0 heterocycles. The highest BCUT2D eigenvalue weighted by molar-refractivity contribution is 5.85. The van der Waals surface area contributed by atoms with Crippen molar-refractivity contribution >= 4 is 12.0 Å². The van der Waals surface area contributed by atoms with E-state index >= 15 is 0 Å². The second-order valence-corrected chi connectivity index (χ2v) is 7.43. The highest BCUT2D eigenvalue weighted by Gasteiger charge is 1.95. The van der Waals surface area contributed by atoms with Gasteiger partial charge in [0.05, 0.1) is 119 Å². The number of benzene rings is 1. The number of rotatable bonds is 27. The fraction of sp³-hybridized carbons (Fsp3) is 0.667. The van der Waals surface area contributed by atoms with Crippen LogP contribution in [0.5, 0.6) is 0 Å². The van der Waals surface area contributed by atoms with Crippen molar-refractivity contribution in [1.29, 1.82) is 0 Å². The molecule has 1 rings (SSSR count). The number of ether oxygens (including phenoxy) is 8. The molecule has 0 saturated carbocycles. The summed E-state index contributed by atoms with van der Waals surface area (Å²) in [4.78, 5) is 10.1. The largest absolute Gasteiger partial charge is 0.478 e. The number of aliphatic hydroxyl groups excluding tert-OH is 2. The minimum atomic E-state index is -0.922. The predicted octanol–water partition coefficient (Wildman–Crippen LogP) is 0.888. The smallest absolute Gasteiger partial charge is 0.328 e. The second-order valence-electron chi connectivity index (χ2n) is 7.43. The summed E-state index contributed by atoms with van der Waals surface area (Å²) in [6.07, 6.45) is 2.68. The lowest BCUT2D eigenvalue weighted by atomic mass is 10.2. The summed E-state index contributed by atoms with van der Waals surface area (Å²) in [7, 11) is 0. The van der Waals surface area contributed by atoms with E-state index < -0.39 is 5.97 Å². The summed E-state index contributed by atoms with van der Waals surface area (Å²) in [6, 6.07) is 9.31. The van der Waals surface area contributed by atoms with Crippen LogP contribution in [0.4, 0.5) is 0 Å². The predicted molar refractivity (Wildman–Crippen MR) is 144 cm³/mol. The van der Waals surface area contributed by atoms with Gasteiger partial charge in [0.2, 0.25) is 0 Å². The van der Waals surface area contributed by atoms with Crippen LogP contribution in [0.1, 0.15) is 5.56 Å². The van der Waals surface area contributed by atoms with E-state index in [-0.39, 0.29) is 13.2 Å². The monoisotopic (exact) mass is 562 g/mol. The minimum Gasteiger partial charge on any atom is -0.478 e. The average molecular weight is 563 g/mol. The van der Waals surface area contributed by atoms with Crippen molar-refractivity contribution in [3.05, 3.63) is 42.0 Å². The highest BCUT2D eigenvalue weighted by atomic mass is 16.6. The summed E-state index contributed by atoms with van der Waals surface area (Å²) in [5.41, 5.74) is 0.898. The maximum atomic E-state index is 10.1. The Morgan fingerprint density at radius 3 is 1.05 bits per heavy atom. The molecule has 0 spiro atoms. The fourth-order valence-electron chi connectivity index (χ4n) is 2.50. The zero-order valence-electron chi connectivity index (χ0n) is 22.8. The molecule has 12 heteroatoms. The summed E-state index contributed by atoms with van der Waals surface area (Å²) < 4.78 is 42.2. The third-order valence-electron chi connectivity index (χ3n) is 4.29. The molecule has 0 atom stereocenters. The van der Waals surface area contributed by atoms with E-state index in [9.17, 15) is 4.79 Å². The van der Waals surface area contributed by atoms with E-state index in [1.54, 1.807) is 6.08 Å². The number of aliphatic hydroxyl groups is 2.